The number of hydrogen-bond acceptors (Lipinski definition) is 10. The number of carbonyl (C=O) groups is 2. The number of anilines is 1. The molecule has 7 aromatic rings. The molecule has 1 amide bonds. The van der Waals surface area contributed by atoms with E-state index < -0.39 is 5.91 Å². The predicted octanol–water partition coefficient (Wildman–Crippen LogP) is 11.7. The Morgan fingerprint density at radius 1 is 0.574 bits per heavy atom. The minimum atomic E-state index is -0.480. The Morgan fingerprint density at radius 3 is 1.59 bits per heavy atom. The van der Waals surface area contributed by atoms with Crippen molar-refractivity contribution in [2.45, 2.75) is 0 Å². The molecule has 0 saturated heterocycles. The van der Waals surface area contributed by atoms with Crippen LogP contribution in [0.15, 0.2) is 148 Å². The van der Waals surface area contributed by atoms with Crippen molar-refractivity contribution in [2.75, 3.05) is 5.32 Å². The van der Waals surface area contributed by atoms with Crippen LogP contribution in [0.5, 0.6) is 23.0 Å². The van der Waals surface area contributed by atoms with Crippen LogP contribution >= 0.6 is 23.2 Å². The third-order valence-corrected chi connectivity index (χ3v) is 8.28. The van der Waals surface area contributed by atoms with Gasteiger partial charge >= 0.3 is 0 Å². The molecule has 0 saturated carbocycles. The number of phenolic OH excluding ortho intramolecular Hbond substituents is 4. The maximum absolute atomic E-state index is 12.8. The summed E-state index contributed by atoms with van der Waals surface area (Å²) in [5.41, 5.74) is 1.36. The van der Waals surface area contributed by atoms with Gasteiger partial charge in [-0.05, 0) is 71.4 Å². The molecule has 7 aromatic carbocycles. The molecular formula is C40H27Cl2FeN5O6. The number of aldehydes is 1. The summed E-state index contributed by atoms with van der Waals surface area (Å²) in [5.74, 6) is -1.25. The van der Waals surface area contributed by atoms with Gasteiger partial charge in [0.25, 0.3) is 5.91 Å². The summed E-state index contributed by atoms with van der Waals surface area (Å²) < 4.78 is 0. The minimum absolute atomic E-state index is 0. The van der Waals surface area contributed by atoms with E-state index in [0.29, 0.717) is 38.2 Å². The number of rotatable bonds is 7. The number of nitrogens with one attached hydrogen (secondary N) is 1. The van der Waals surface area contributed by atoms with Gasteiger partial charge in [-0.25, -0.2) is 0 Å². The number of amides is 1. The number of aromatic hydroxyl groups is 4. The number of halogens is 2. The Bertz CT molecular complexity index is 2570. The molecule has 270 valence electrons. The predicted molar refractivity (Wildman–Crippen MR) is 206 cm³/mol. The first-order valence-electron chi connectivity index (χ1n) is 15.7. The molecule has 0 unspecified atom stereocenters. The van der Waals surface area contributed by atoms with E-state index >= 15 is 0 Å². The van der Waals surface area contributed by atoms with Gasteiger partial charge < -0.3 is 25.7 Å². The molecule has 0 atom stereocenters. The minimum Gasteiger partial charge on any atom is -0.506 e. The van der Waals surface area contributed by atoms with Crippen molar-refractivity contribution in [1.82, 2.24) is 0 Å². The number of nitrogens with zero attached hydrogens (tertiary/aromatic N) is 4. The first-order valence-corrected chi connectivity index (χ1v) is 16.5. The van der Waals surface area contributed by atoms with Gasteiger partial charge in [-0.15, -0.1) is 20.5 Å². The fourth-order valence-electron chi connectivity index (χ4n) is 5.20. The molecule has 0 aliphatic rings. The summed E-state index contributed by atoms with van der Waals surface area (Å²) in [5, 5.41) is 63.1. The van der Waals surface area contributed by atoms with E-state index in [1.54, 1.807) is 66.7 Å². The van der Waals surface area contributed by atoms with Gasteiger partial charge in [0.05, 0.1) is 11.1 Å². The van der Waals surface area contributed by atoms with E-state index in [-0.39, 0.29) is 73.9 Å². The largest absolute Gasteiger partial charge is 0.506 e. The van der Waals surface area contributed by atoms with Crippen LogP contribution in [0, 0.1) is 0 Å². The molecule has 0 heterocycles. The van der Waals surface area contributed by atoms with Crippen molar-refractivity contribution in [2.24, 2.45) is 20.5 Å². The number of benzene rings is 7. The van der Waals surface area contributed by atoms with Gasteiger partial charge in [0, 0.05) is 43.6 Å². The average Bonchev–Trinajstić information content (AvgIpc) is 3.16. The van der Waals surface area contributed by atoms with Gasteiger partial charge in [-0.2, -0.15) is 0 Å². The van der Waals surface area contributed by atoms with E-state index in [0.717, 1.165) is 5.39 Å². The standard InChI is InChI=1S/C23H16ClN3O3.C17H11ClN2O3.Fe/c24-15-10-11-20(28)19(13-15)26-27-21-17-9-5-4-6-14(17)12-18(22(21)29)23(30)25-16-7-2-1-3-8-16;18-12-5-6-15(22)14(8-12)19-20-16-13-4-2-1-3-10(13)7-11(9-21)17(16)23;/h1-13,28-29H,(H,25,30);1-9,22-23H;. The van der Waals surface area contributed by atoms with Gasteiger partial charge in [0.15, 0.2) is 17.8 Å². The number of azo groups is 2. The molecule has 54 heavy (non-hydrogen) atoms. The average molecular weight is 800 g/mol. The van der Waals surface area contributed by atoms with Crippen LogP contribution in [0.25, 0.3) is 21.5 Å². The normalized spacial score (nSPS) is 10.9. The van der Waals surface area contributed by atoms with Crippen molar-refractivity contribution in [1.29, 1.82) is 0 Å². The Kier molecular flexibility index (Phi) is 12.6. The molecule has 0 aromatic heterocycles. The Balaban J connectivity index is 0.000000211. The van der Waals surface area contributed by atoms with E-state index in [9.17, 15) is 30.0 Å². The number of para-hydroxylation sites is 1. The molecule has 7 rings (SSSR count). The number of fused-ring (bicyclic) bond motifs is 2. The van der Waals surface area contributed by atoms with E-state index in [4.69, 9.17) is 23.2 Å². The molecule has 0 aliphatic carbocycles. The van der Waals surface area contributed by atoms with Gasteiger partial charge in [0.1, 0.15) is 34.2 Å². The molecule has 0 aliphatic heterocycles. The van der Waals surface area contributed by atoms with Crippen LogP contribution in [-0.4, -0.2) is 32.6 Å². The maximum Gasteiger partial charge on any atom is 0.259 e. The van der Waals surface area contributed by atoms with Gasteiger partial charge in [-0.1, -0.05) is 89.9 Å². The Morgan fingerprint density at radius 2 is 1.06 bits per heavy atom. The molecule has 5 N–H and O–H groups in total. The van der Waals surface area contributed by atoms with Crippen molar-refractivity contribution in [3.05, 3.63) is 149 Å². The number of carbonyl (C=O) groups excluding carboxylic acids is 2. The van der Waals surface area contributed by atoms with Crippen LogP contribution in [0.3, 0.4) is 0 Å². The summed E-state index contributed by atoms with van der Waals surface area (Å²) in [6, 6.07) is 35.2. The van der Waals surface area contributed by atoms with Crippen LogP contribution in [0.2, 0.25) is 10.0 Å². The van der Waals surface area contributed by atoms with Crippen LogP contribution < -0.4 is 5.32 Å². The second kappa shape index (κ2) is 17.5. The van der Waals surface area contributed by atoms with Crippen molar-refractivity contribution in [3.8, 4) is 23.0 Å². The Hall–Kier alpha value is -6.30. The Labute approximate surface area is 328 Å². The molecule has 11 nitrogen and oxygen atoms in total. The molecule has 0 spiro atoms. The van der Waals surface area contributed by atoms with Crippen molar-refractivity contribution >= 4 is 85.4 Å². The molecule has 14 heteroatoms. The molecule has 0 fully saturated rings. The number of hydrogen-bond donors (Lipinski definition) is 5. The summed E-state index contributed by atoms with van der Waals surface area (Å²) in [4.78, 5) is 23.9. The third kappa shape index (κ3) is 8.83. The first kappa shape index (κ1) is 38.9. The zero-order valence-electron chi connectivity index (χ0n) is 27.7. The van der Waals surface area contributed by atoms with Crippen LogP contribution in [0.4, 0.5) is 28.4 Å². The zero-order chi connectivity index (χ0) is 37.5. The zero-order valence-corrected chi connectivity index (χ0v) is 30.3. The second-order valence-electron chi connectivity index (χ2n) is 11.3. The fourth-order valence-corrected chi connectivity index (χ4v) is 5.54. The van der Waals surface area contributed by atoms with Crippen LogP contribution in [0.1, 0.15) is 20.7 Å². The molecule has 0 bridgehead atoms. The van der Waals surface area contributed by atoms with Crippen molar-refractivity contribution in [3.63, 3.8) is 0 Å². The van der Waals surface area contributed by atoms with Gasteiger partial charge in [0.2, 0.25) is 0 Å². The maximum atomic E-state index is 12.8. The SMILES string of the molecule is O=C(Nc1ccccc1)c1cc2ccccc2c(N=Nc2cc(Cl)ccc2O)c1O.O=Cc1cc2ccccc2c(N=Nc2cc(Cl)ccc2O)c1O.[Fe]. The molecule has 0 radical (unpaired) electrons. The summed E-state index contributed by atoms with van der Waals surface area (Å²) in [6.45, 7) is 0. The topological polar surface area (TPSA) is 177 Å². The van der Waals surface area contributed by atoms with E-state index in [1.807, 2.05) is 24.3 Å². The fraction of sp³-hybridized carbons (Fsp3) is 0. The van der Waals surface area contributed by atoms with E-state index in [1.165, 1.54) is 36.4 Å². The number of phenols is 4. The monoisotopic (exact) mass is 799 g/mol. The summed E-state index contributed by atoms with van der Waals surface area (Å²) in [7, 11) is 0. The second-order valence-corrected chi connectivity index (χ2v) is 12.2. The van der Waals surface area contributed by atoms with E-state index in [2.05, 4.69) is 25.8 Å². The van der Waals surface area contributed by atoms with Crippen molar-refractivity contribution < 1.29 is 47.1 Å². The smallest absolute Gasteiger partial charge is 0.259 e. The first-order chi connectivity index (χ1) is 25.6. The third-order valence-electron chi connectivity index (χ3n) is 7.81. The van der Waals surface area contributed by atoms with Gasteiger partial charge in [-0.3, -0.25) is 9.59 Å². The quantitative estimate of drug-likeness (QED) is 0.0608. The summed E-state index contributed by atoms with van der Waals surface area (Å²) in [6.07, 6.45) is 0.553. The summed E-state index contributed by atoms with van der Waals surface area (Å²) >= 11 is 11.8. The van der Waals surface area contributed by atoms with Crippen LogP contribution in [-0.2, 0) is 17.1 Å². The molecular weight excluding hydrogens is 773 g/mol.